The number of carbonyl (C=O) groups excluding carboxylic acids is 1. The van der Waals surface area contributed by atoms with Crippen LogP contribution in [0.2, 0.25) is 0 Å². The van der Waals surface area contributed by atoms with Crippen LogP contribution in [0.1, 0.15) is 44.5 Å². The van der Waals surface area contributed by atoms with E-state index in [-0.39, 0.29) is 12.0 Å². The quantitative estimate of drug-likeness (QED) is 0.811. The Kier molecular flexibility index (Phi) is 5.80. The highest BCUT2D eigenvalue weighted by molar-refractivity contribution is 5.95. The number of anilines is 2. The molecule has 112 valence electrons. The highest BCUT2D eigenvalue weighted by atomic mass is 16.5. The maximum atomic E-state index is 12.0. The van der Waals surface area contributed by atoms with Crippen LogP contribution in [0.25, 0.3) is 0 Å². The Morgan fingerprint density at radius 3 is 2.65 bits per heavy atom. The van der Waals surface area contributed by atoms with E-state index in [1.165, 1.54) is 0 Å². The second kappa shape index (κ2) is 7.12. The van der Waals surface area contributed by atoms with Crippen LogP contribution in [0.15, 0.2) is 12.3 Å². The number of pyridine rings is 1. The zero-order valence-electron chi connectivity index (χ0n) is 13.0. The first kappa shape index (κ1) is 16.3. The van der Waals surface area contributed by atoms with Crippen LogP contribution in [0.3, 0.4) is 0 Å². The van der Waals surface area contributed by atoms with Gasteiger partial charge in [0.15, 0.2) is 0 Å². The standard InChI is InChI=1S/C15H25N3O2/c1-6-20-15(19)13-8-12(16)9-17-14(13)18(5)11(4)7-10(2)3/h8-11H,6-7,16H2,1-5H3. The fourth-order valence-corrected chi connectivity index (χ4v) is 2.16. The molecule has 0 aliphatic rings. The van der Waals surface area contributed by atoms with Crippen molar-refractivity contribution in [2.24, 2.45) is 5.92 Å². The van der Waals surface area contributed by atoms with E-state index in [0.29, 0.717) is 29.6 Å². The van der Waals surface area contributed by atoms with E-state index in [4.69, 9.17) is 10.5 Å². The molecule has 1 rings (SSSR count). The van der Waals surface area contributed by atoms with Crippen molar-refractivity contribution in [3.8, 4) is 0 Å². The monoisotopic (exact) mass is 279 g/mol. The number of nitrogen functional groups attached to an aromatic ring is 1. The molecular formula is C15H25N3O2. The predicted octanol–water partition coefficient (Wildman–Crippen LogP) is 2.71. The summed E-state index contributed by atoms with van der Waals surface area (Å²) < 4.78 is 5.07. The van der Waals surface area contributed by atoms with Crippen molar-refractivity contribution in [2.45, 2.75) is 40.2 Å². The summed E-state index contributed by atoms with van der Waals surface area (Å²) in [5.74, 6) is 0.809. The van der Waals surface area contributed by atoms with Crippen LogP contribution in [-0.4, -0.2) is 30.6 Å². The molecule has 5 nitrogen and oxygen atoms in total. The number of hydrogen-bond donors (Lipinski definition) is 1. The second-order valence-electron chi connectivity index (χ2n) is 5.45. The van der Waals surface area contributed by atoms with Gasteiger partial charge >= 0.3 is 5.97 Å². The Morgan fingerprint density at radius 1 is 1.45 bits per heavy atom. The van der Waals surface area contributed by atoms with E-state index in [2.05, 4.69) is 25.8 Å². The molecule has 0 saturated heterocycles. The van der Waals surface area contributed by atoms with Crippen LogP contribution in [0, 0.1) is 5.92 Å². The number of hydrogen-bond acceptors (Lipinski definition) is 5. The molecule has 2 N–H and O–H groups in total. The molecule has 0 fully saturated rings. The third kappa shape index (κ3) is 4.11. The van der Waals surface area contributed by atoms with Gasteiger partial charge in [-0.25, -0.2) is 9.78 Å². The molecule has 0 bridgehead atoms. The summed E-state index contributed by atoms with van der Waals surface area (Å²) in [6.07, 6.45) is 2.58. The molecule has 0 saturated carbocycles. The number of aromatic nitrogens is 1. The van der Waals surface area contributed by atoms with Crippen molar-refractivity contribution in [2.75, 3.05) is 24.3 Å². The largest absolute Gasteiger partial charge is 0.462 e. The molecule has 0 aromatic carbocycles. The van der Waals surface area contributed by atoms with Gasteiger partial charge in [0.2, 0.25) is 0 Å². The second-order valence-corrected chi connectivity index (χ2v) is 5.45. The molecule has 0 aliphatic heterocycles. The first-order valence-electron chi connectivity index (χ1n) is 7.02. The Labute approximate surface area is 121 Å². The SMILES string of the molecule is CCOC(=O)c1cc(N)cnc1N(C)C(C)CC(C)C. The van der Waals surface area contributed by atoms with Gasteiger partial charge < -0.3 is 15.4 Å². The van der Waals surface area contributed by atoms with Crippen LogP contribution in [0.4, 0.5) is 11.5 Å². The summed E-state index contributed by atoms with van der Waals surface area (Å²) >= 11 is 0. The minimum absolute atomic E-state index is 0.277. The summed E-state index contributed by atoms with van der Waals surface area (Å²) in [6, 6.07) is 1.90. The fourth-order valence-electron chi connectivity index (χ4n) is 2.16. The number of rotatable bonds is 6. The topological polar surface area (TPSA) is 68.5 Å². The van der Waals surface area contributed by atoms with E-state index in [9.17, 15) is 4.79 Å². The summed E-state index contributed by atoms with van der Waals surface area (Å²) in [4.78, 5) is 18.3. The van der Waals surface area contributed by atoms with E-state index >= 15 is 0 Å². The Balaban J connectivity index is 3.07. The Bertz CT molecular complexity index is 460. The van der Waals surface area contributed by atoms with Crippen LogP contribution >= 0.6 is 0 Å². The van der Waals surface area contributed by atoms with E-state index in [1.54, 1.807) is 19.2 Å². The molecule has 0 spiro atoms. The number of esters is 1. The molecule has 1 aromatic heterocycles. The van der Waals surface area contributed by atoms with Gasteiger partial charge in [-0.15, -0.1) is 0 Å². The van der Waals surface area contributed by atoms with Gasteiger partial charge in [0.25, 0.3) is 0 Å². The van der Waals surface area contributed by atoms with Crippen molar-refractivity contribution in [3.63, 3.8) is 0 Å². The van der Waals surface area contributed by atoms with Crippen molar-refractivity contribution in [1.82, 2.24) is 4.98 Å². The summed E-state index contributed by atoms with van der Waals surface area (Å²) in [5.41, 5.74) is 6.61. The van der Waals surface area contributed by atoms with Gasteiger partial charge in [0.1, 0.15) is 11.4 Å². The van der Waals surface area contributed by atoms with Crippen LogP contribution in [0.5, 0.6) is 0 Å². The average Bonchev–Trinajstić information content (AvgIpc) is 2.37. The van der Waals surface area contributed by atoms with Crippen molar-refractivity contribution >= 4 is 17.5 Å². The van der Waals surface area contributed by atoms with Crippen LogP contribution < -0.4 is 10.6 Å². The summed E-state index contributed by atoms with van der Waals surface area (Å²) in [7, 11) is 1.94. The average molecular weight is 279 g/mol. The summed E-state index contributed by atoms with van der Waals surface area (Å²) in [5, 5.41) is 0. The third-order valence-electron chi connectivity index (χ3n) is 3.19. The van der Waals surface area contributed by atoms with Crippen molar-refractivity contribution < 1.29 is 9.53 Å². The van der Waals surface area contributed by atoms with Gasteiger partial charge in [0, 0.05) is 13.1 Å². The van der Waals surface area contributed by atoms with Gasteiger partial charge in [-0.2, -0.15) is 0 Å². The normalized spacial score (nSPS) is 12.3. The van der Waals surface area contributed by atoms with E-state index in [1.807, 2.05) is 11.9 Å². The number of carbonyl (C=O) groups is 1. The van der Waals surface area contributed by atoms with Gasteiger partial charge in [0.05, 0.1) is 18.5 Å². The highest BCUT2D eigenvalue weighted by Crippen LogP contribution is 2.23. The van der Waals surface area contributed by atoms with Gasteiger partial charge in [-0.3, -0.25) is 0 Å². The lowest BCUT2D eigenvalue weighted by Crippen LogP contribution is -2.32. The third-order valence-corrected chi connectivity index (χ3v) is 3.19. The molecule has 0 aliphatic carbocycles. The van der Waals surface area contributed by atoms with Crippen molar-refractivity contribution in [1.29, 1.82) is 0 Å². The lowest BCUT2D eigenvalue weighted by Gasteiger charge is -2.28. The molecule has 0 radical (unpaired) electrons. The molecule has 0 amide bonds. The lowest BCUT2D eigenvalue weighted by molar-refractivity contribution is 0.0526. The lowest BCUT2D eigenvalue weighted by atomic mass is 10.0. The molecule has 1 atom stereocenters. The van der Waals surface area contributed by atoms with Gasteiger partial charge in [-0.1, -0.05) is 13.8 Å². The van der Waals surface area contributed by atoms with E-state index < -0.39 is 0 Å². The fraction of sp³-hybridized carbons (Fsp3) is 0.600. The predicted molar refractivity (Wildman–Crippen MR) is 81.9 cm³/mol. The Morgan fingerprint density at radius 2 is 2.10 bits per heavy atom. The zero-order valence-corrected chi connectivity index (χ0v) is 13.0. The Hall–Kier alpha value is -1.78. The molecular weight excluding hydrogens is 254 g/mol. The maximum absolute atomic E-state index is 12.0. The van der Waals surface area contributed by atoms with E-state index in [0.717, 1.165) is 6.42 Å². The van der Waals surface area contributed by atoms with Gasteiger partial charge in [-0.05, 0) is 32.3 Å². The zero-order chi connectivity index (χ0) is 15.3. The molecule has 1 heterocycles. The minimum atomic E-state index is -0.383. The molecule has 5 heteroatoms. The molecule has 1 aromatic rings. The van der Waals surface area contributed by atoms with Crippen LogP contribution in [-0.2, 0) is 4.74 Å². The first-order valence-corrected chi connectivity index (χ1v) is 7.02. The number of nitrogens with two attached hydrogens (primary N) is 1. The molecule has 1 unspecified atom stereocenters. The highest BCUT2D eigenvalue weighted by Gasteiger charge is 2.21. The smallest absolute Gasteiger partial charge is 0.341 e. The van der Waals surface area contributed by atoms with Crippen molar-refractivity contribution in [3.05, 3.63) is 17.8 Å². The summed E-state index contributed by atoms with van der Waals surface area (Å²) in [6.45, 7) is 8.58. The first-order chi connectivity index (χ1) is 9.36. The number of ether oxygens (including phenoxy) is 1. The molecule has 20 heavy (non-hydrogen) atoms. The maximum Gasteiger partial charge on any atom is 0.341 e. The minimum Gasteiger partial charge on any atom is -0.462 e. The number of nitrogens with zero attached hydrogens (tertiary/aromatic N) is 2.